The molecule has 32 heavy (non-hydrogen) atoms. The van der Waals surface area contributed by atoms with Crippen LogP contribution in [0.25, 0.3) is 6.08 Å². The van der Waals surface area contributed by atoms with E-state index in [1.807, 2.05) is 48.5 Å². The van der Waals surface area contributed by atoms with Crippen LogP contribution in [0.4, 0.5) is 4.79 Å². The van der Waals surface area contributed by atoms with Crippen LogP contribution in [-0.2, 0) is 16.1 Å². The number of carbonyl (C=O) groups is 3. The lowest BCUT2D eigenvalue weighted by molar-refractivity contribution is -0.137. The van der Waals surface area contributed by atoms with Gasteiger partial charge in [0.15, 0.2) is 0 Å². The van der Waals surface area contributed by atoms with Crippen molar-refractivity contribution < 1.29 is 14.4 Å². The van der Waals surface area contributed by atoms with E-state index in [0.29, 0.717) is 13.1 Å². The molecule has 0 spiro atoms. The highest BCUT2D eigenvalue weighted by Gasteiger charge is 2.39. The highest BCUT2D eigenvalue weighted by molar-refractivity contribution is 6.05. The Labute approximate surface area is 188 Å². The maximum absolute atomic E-state index is 12.7. The SMILES string of the molecule is O=C(C[C@@H]1NC(=O)N(Cc2ccccc2)C1=O)N1CCN(C/C=C/c2ccccc2)CC1. The first kappa shape index (κ1) is 21.8. The molecule has 2 aromatic rings. The monoisotopic (exact) mass is 432 g/mol. The quantitative estimate of drug-likeness (QED) is 0.682. The fourth-order valence-electron chi connectivity index (χ4n) is 4.02. The van der Waals surface area contributed by atoms with E-state index in [1.165, 1.54) is 10.5 Å². The lowest BCUT2D eigenvalue weighted by atomic mass is 10.1. The molecule has 1 N–H and O–H groups in total. The first-order chi connectivity index (χ1) is 15.6. The third-order valence-corrected chi connectivity index (χ3v) is 5.87. The summed E-state index contributed by atoms with van der Waals surface area (Å²) in [4.78, 5) is 43.0. The molecule has 0 bridgehead atoms. The molecular formula is C25H28N4O3. The third kappa shape index (κ3) is 5.42. The minimum Gasteiger partial charge on any atom is -0.340 e. The first-order valence-corrected chi connectivity index (χ1v) is 11.0. The zero-order valence-electron chi connectivity index (χ0n) is 18.0. The molecule has 0 aromatic heterocycles. The van der Waals surface area contributed by atoms with Crippen molar-refractivity contribution >= 4 is 23.9 Å². The average Bonchev–Trinajstić information content (AvgIpc) is 3.08. The van der Waals surface area contributed by atoms with Crippen LogP contribution < -0.4 is 5.32 Å². The Morgan fingerprint density at radius 3 is 2.28 bits per heavy atom. The smallest absolute Gasteiger partial charge is 0.325 e. The molecular weight excluding hydrogens is 404 g/mol. The zero-order chi connectivity index (χ0) is 22.3. The highest BCUT2D eigenvalue weighted by atomic mass is 16.2. The van der Waals surface area contributed by atoms with Crippen LogP contribution in [-0.4, -0.2) is 71.3 Å². The molecule has 7 heteroatoms. The molecule has 4 rings (SSSR count). The molecule has 0 aliphatic carbocycles. The number of amides is 4. The van der Waals surface area contributed by atoms with E-state index in [-0.39, 0.29) is 24.8 Å². The van der Waals surface area contributed by atoms with Crippen LogP contribution in [0.5, 0.6) is 0 Å². The van der Waals surface area contributed by atoms with Gasteiger partial charge in [0.1, 0.15) is 6.04 Å². The van der Waals surface area contributed by atoms with Gasteiger partial charge >= 0.3 is 6.03 Å². The second-order valence-electron chi connectivity index (χ2n) is 8.11. The van der Waals surface area contributed by atoms with E-state index >= 15 is 0 Å². The number of urea groups is 1. The maximum atomic E-state index is 12.7. The third-order valence-electron chi connectivity index (χ3n) is 5.87. The lowest BCUT2D eigenvalue weighted by Gasteiger charge is -2.34. The van der Waals surface area contributed by atoms with Gasteiger partial charge < -0.3 is 10.2 Å². The molecule has 2 fully saturated rings. The molecule has 2 aliphatic heterocycles. The van der Waals surface area contributed by atoms with Gasteiger partial charge in [-0.15, -0.1) is 0 Å². The number of imide groups is 1. The van der Waals surface area contributed by atoms with Crippen molar-refractivity contribution in [2.75, 3.05) is 32.7 Å². The van der Waals surface area contributed by atoms with E-state index in [0.717, 1.165) is 25.2 Å². The van der Waals surface area contributed by atoms with Gasteiger partial charge in [-0.2, -0.15) is 0 Å². The predicted molar refractivity (Wildman–Crippen MR) is 122 cm³/mol. The number of piperazine rings is 1. The summed E-state index contributed by atoms with van der Waals surface area (Å²) in [7, 11) is 0. The van der Waals surface area contributed by atoms with Gasteiger partial charge in [-0.3, -0.25) is 19.4 Å². The van der Waals surface area contributed by atoms with Crippen LogP contribution in [0.1, 0.15) is 17.5 Å². The normalized spacial score (nSPS) is 19.6. The van der Waals surface area contributed by atoms with Crippen molar-refractivity contribution in [1.82, 2.24) is 20.0 Å². The van der Waals surface area contributed by atoms with E-state index in [1.54, 1.807) is 4.90 Å². The summed E-state index contributed by atoms with van der Waals surface area (Å²) >= 11 is 0. The Hall–Kier alpha value is -3.45. The molecule has 0 radical (unpaired) electrons. The minimum absolute atomic E-state index is 0.00374. The Kier molecular flexibility index (Phi) is 6.97. The van der Waals surface area contributed by atoms with Gasteiger partial charge in [-0.25, -0.2) is 4.79 Å². The van der Waals surface area contributed by atoms with Crippen molar-refractivity contribution in [3.63, 3.8) is 0 Å². The second kappa shape index (κ2) is 10.2. The van der Waals surface area contributed by atoms with Crippen LogP contribution in [0, 0.1) is 0 Å². The minimum atomic E-state index is -0.787. The van der Waals surface area contributed by atoms with E-state index in [2.05, 4.69) is 34.5 Å². The summed E-state index contributed by atoms with van der Waals surface area (Å²) in [5.41, 5.74) is 2.05. The molecule has 166 valence electrons. The average molecular weight is 433 g/mol. The molecule has 2 heterocycles. The zero-order valence-corrected chi connectivity index (χ0v) is 18.0. The van der Waals surface area contributed by atoms with Crippen LogP contribution in [0.2, 0.25) is 0 Å². The van der Waals surface area contributed by atoms with Crippen molar-refractivity contribution in [3.05, 3.63) is 77.9 Å². The van der Waals surface area contributed by atoms with Crippen LogP contribution >= 0.6 is 0 Å². The molecule has 0 saturated carbocycles. The molecule has 1 atom stereocenters. The Morgan fingerprint density at radius 1 is 0.938 bits per heavy atom. The topological polar surface area (TPSA) is 73.0 Å². The van der Waals surface area contributed by atoms with E-state index in [9.17, 15) is 14.4 Å². The fraction of sp³-hybridized carbons (Fsp3) is 0.320. The second-order valence-corrected chi connectivity index (χ2v) is 8.11. The number of carbonyl (C=O) groups excluding carboxylic acids is 3. The van der Waals surface area contributed by atoms with E-state index < -0.39 is 12.1 Å². The molecule has 2 saturated heterocycles. The number of hydrogen-bond acceptors (Lipinski definition) is 4. The Bertz CT molecular complexity index is 969. The van der Waals surface area contributed by atoms with Gasteiger partial charge in [-0.05, 0) is 11.1 Å². The summed E-state index contributed by atoms with van der Waals surface area (Å²) < 4.78 is 0. The summed E-state index contributed by atoms with van der Waals surface area (Å²) in [6, 6.07) is 18.3. The first-order valence-electron chi connectivity index (χ1n) is 11.0. The largest absolute Gasteiger partial charge is 0.340 e. The molecule has 4 amide bonds. The number of nitrogens with zero attached hydrogens (tertiary/aromatic N) is 3. The number of rotatable bonds is 7. The summed E-state index contributed by atoms with van der Waals surface area (Å²) in [6.07, 6.45) is 4.25. The van der Waals surface area contributed by atoms with Gasteiger partial charge in [0.2, 0.25) is 5.91 Å². The Morgan fingerprint density at radius 2 is 1.59 bits per heavy atom. The van der Waals surface area contributed by atoms with Crippen molar-refractivity contribution in [1.29, 1.82) is 0 Å². The predicted octanol–water partition coefficient (Wildman–Crippen LogP) is 2.35. The number of nitrogens with one attached hydrogen (secondary N) is 1. The summed E-state index contributed by atoms with van der Waals surface area (Å²) in [5, 5.41) is 2.67. The van der Waals surface area contributed by atoms with Gasteiger partial charge in [-0.1, -0.05) is 72.8 Å². The Balaban J connectivity index is 1.23. The lowest BCUT2D eigenvalue weighted by Crippen LogP contribution is -2.50. The molecule has 2 aromatic carbocycles. The highest BCUT2D eigenvalue weighted by Crippen LogP contribution is 2.15. The number of hydrogen-bond donors (Lipinski definition) is 1. The van der Waals surface area contributed by atoms with Crippen molar-refractivity contribution in [2.24, 2.45) is 0 Å². The van der Waals surface area contributed by atoms with Crippen LogP contribution in [0.3, 0.4) is 0 Å². The number of benzene rings is 2. The van der Waals surface area contributed by atoms with Crippen LogP contribution in [0.15, 0.2) is 66.7 Å². The van der Waals surface area contributed by atoms with Crippen molar-refractivity contribution in [2.45, 2.75) is 19.0 Å². The van der Waals surface area contributed by atoms with Gasteiger partial charge in [0.05, 0.1) is 13.0 Å². The van der Waals surface area contributed by atoms with E-state index in [4.69, 9.17) is 0 Å². The standard InChI is InChI=1S/C25H28N4O3/c30-23(18-22-24(31)29(25(32)26-22)19-21-10-5-2-6-11-21)28-16-14-27(15-17-28)13-7-12-20-8-3-1-4-9-20/h1-12,22H,13-19H2,(H,26,32)/b12-7+/t22-/m0/s1. The maximum Gasteiger partial charge on any atom is 0.325 e. The van der Waals surface area contributed by atoms with Crippen molar-refractivity contribution in [3.8, 4) is 0 Å². The molecule has 7 nitrogen and oxygen atoms in total. The molecule has 0 unspecified atom stereocenters. The van der Waals surface area contributed by atoms with Gasteiger partial charge in [0, 0.05) is 32.7 Å². The fourth-order valence-corrected chi connectivity index (χ4v) is 4.02. The summed E-state index contributed by atoms with van der Waals surface area (Å²) in [6.45, 7) is 3.88. The summed E-state index contributed by atoms with van der Waals surface area (Å²) in [5.74, 6) is -0.429. The van der Waals surface area contributed by atoms with Gasteiger partial charge in [0.25, 0.3) is 5.91 Å². The molecule has 2 aliphatic rings.